The monoisotopic (exact) mass is 741 g/mol. The van der Waals surface area contributed by atoms with Crippen molar-refractivity contribution in [3.8, 4) is 22.3 Å². The molecule has 0 aliphatic heterocycles. The number of para-hydroxylation sites is 2. The van der Waals surface area contributed by atoms with Crippen LogP contribution in [-0.4, -0.2) is 0 Å². The van der Waals surface area contributed by atoms with Crippen LogP contribution in [0.15, 0.2) is 221 Å². The molecule has 3 heteroatoms. The van der Waals surface area contributed by atoms with E-state index in [4.69, 9.17) is 8.83 Å². The van der Waals surface area contributed by atoms with Gasteiger partial charge in [0.05, 0.1) is 11.1 Å². The standard InChI is InChI=1S/C55H35NO2/c1-5-17-36(18-6-1)37-33-45-53-51(32-31-50-52(53)44-26-14-16-28-49(44)57-50)58-54(45)48(34-37)56(40-23-11-4-12-24-40)41-29-30-43-42-25-13-15-27-46(42)55(47(43)35-41,38-19-7-2-8-20-38)39-21-9-3-10-22-39/h1-35H. The van der Waals surface area contributed by atoms with Crippen molar-refractivity contribution in [2.45, 2.75) is 5.41 Å². The number of rotatable bonds is 6. The molecule has 0 fully saturated rings. The SMILES string of the molecule is c1ccc(-c2cc(N(c3ccccc3)c3ccc4c(c3)C(c3ccccc3)(c3ccccc3)c3ccccc3-4)c3oc4ccc5oc6ccccc6c5c4c3c2)cc1. The predicted octanol–water partition coefficient (Wildman–Crippen LogP) is 15.0. The molecule has 0 radical (unpaired) electrons. The summed E-state index contributed by atoms with van der Waals surface area (Å²) in [6.45, 7) is 0. The molecule has 12 rings (SSSR count). The Labute approximate surface area is 335 Å². The van der Waals surface area contributed by atoms with Crippen LogP contribution in [0.4, 0.5) is 17.1 Å². The van der Waals surface area contributed by atoms with Gasteiger partial charge >= 0.3 is 0 Å². The molecule has 0 amide bonds. The van der Waals surface area contributed by atoms with Crippen LogP contribution in [0.2, 0.25) is 0 Å². The number of hydrogen-bond acceptors (Lipinski definition) is 3. The van der Waals surface area contributed by atoms with Crippen LogP contribution in [0.5, 0.6) is 0 Å². The highest BCUT2D eigenvalue weighted by molar-refractivity contribution is 6.27. The first-order chi connectivity index (χ1) is 28.8. The summed E-state index contributed by atoms with van der Waals surface area (Å²) in [5, 5.41) is 4.25. The van der Waals surface area contributed by atoms with Crippen molar-refractivity contribution in [2.24, 2.45) is 0 Å². The summed E-state index contributed by atoms with van der Waals surface area (Å²) in [5.41, 5.74) is 15.6. The second-order valence-corrected chi connectivity index (χ2v) is 15.2. The normalized spacial score (nSPS) is 13.0. The zero-order valence-corrected chi connectivity index (χ0v) is 31.5. The Morgan fingerprint density at radius 1 is 0.362 bits per heavy atom. The Morgan fingerprint density at radius 3 is 1.69 bits per heavy atom. The van der Waals surface area contributed by atoms with Crippen molar-refractivity contribution in [3.63, 3.8) is 0 Å². The zero-order chi connectivity index (χ0) is 38.2. The van der Waals surface area contributed by atoms with Gasteiger partial charge in [0.1, 0.15) is 16.7 Å². The van der Waals surface area contributed by atoms with Gasteiger partial charge in [0.15, 0.2) is 5.58 Å². The van der Waals surface area contributed by atoms with Crippen LogP contribution in [0.3, 0.4) is 0 Å². The molecule has 2 heterocycles. The van der Waals surface area contributed by atoms with E-state index >= 15 is 0 Å². The van der Waals surface area contributed by atoms with Crippen LogP contribution in [0.1, 0.15) is 22.3 Å². The Kier molecular flexibility index (Phi) is 7.14. The molecule has 0 unspecified atom stereocenters. The van der Waals surface area contributed by atoms with Gasteiger partial charge in [-0.2, -0.15) is 0 Å². The first-order valence-electron chi connectivity index (χ1n) is 19.8. The molecule has 11 aromatic rings. The van der Waals surface area contributed by atoms with Crippen molar-refractivity contribution < 1.29 is 8.83 Å². The van der Waals surface area contributed by atoms with E-state index < -0.39 is 5.41 Å². The van der Waals surface area contributed by atoms with E-state index in [1.54, 1.807) is 0 Å². The molecule has 0 N–H and O–H groups in total. The van der Waals surface area contributed by atoms with Crippen molar-refractivity contribution >= 4 is 60.9 Å². The fourth-order valence-corrected chi connectivity index (χ4v) is 9.71. The Bertz CT molecular complexity index is 3290. The molecule has 0 atom stereocenters. The van der Waals surface area contributed by atoms with Crippen molar-refractivity contribution in [1.82, 2.24) is 0 Å². The third-order valence-corrected chi connectivity index (χ3v) is 12.1. The highest BCUT2D eigenvalue weighted by atomic mass is 16.3. The quantitative estimate of drug-likeness (QED) is 0.170. The number of hydrogen-bond donors (Lipinski definition) is 0. The van der Waals surface area contributed by atoms with Gasteiger partial charge in [-0.25, -0.2) is 0 Å². The first kappa shape index (κ1) is 32.6. The molecule has 1 aliphatic rings. The summed E-state index contributed by atoms with van der Waals surface area (Å²) >= 11 is 0. The molecule has 2 aromatic heterocycles. The molecule has 9 aromatic carbocycles. The van der Waals surface area contributed by atoms with Crippen molar-refractivity contribution in [1.29, 1.82) is 0 Å². The lowest BCUT2D eigenvalue weighted by atomic mass is 9.67. The highest BCUT2D eigenvalue weighted by Gasteiger charge is 2.46. The Hall–Kier alpha value is -7.62. The fraction of sp³-hybridized carbons (Fsp3) is 0.0182. The second kappa shape index (κ2) is 12.7. The number of furan rings is 2. The van der Waals surface area contributed by atoms with Crippen LogP contribution < -0.4 is 4.90 Å². The molecule has 0 saturated heterocycles. The predicted molar refractivity (Wildman–Crippen MR) is 238 cm³/mol. The maximum atomic E-state index is 7.06. The minimum Gasteiger partial charge on any atom is -0.456 e. The molecule has 0 bridgehead atoms. The summed E-state index contributed by atoms with van der Waals surface area (Å²) in [6.07, 6.45) is 0. The molecular formula is C55H35NO2. The highest BCUT2D eigenvalue weighted by Crippen LogP contribution is 2.57. The van der Waals surface area contributed by atoms with Gasteiger partial charge in [0.2, 0.25) is 0 Å². The van der Waals surface area contributed by atoms with Gasteiger partial charge in [-0.1, -0.05) is 158 Å². The summed E-state index contributed by atoms with van der Waals surface area (Å²) in [4.78, 5) is 2.38. The number of fused-ring (bicyclic) bond motifs is 10. The summed E-state index contributed by atoms with van der Waals surface area (Å²) in [5.74, 6) is 0. The molecule has 0 spiro atoms. The lowest BCUT2D eigenvalue weighted by Gasteiger charge is -2.35. The van der Waals surface area contributed by atoms with Gasteiger partial charge in [-0.15, -0.1) is 0 Å². The van der Waals surface area contributed by atoms with Crippen LogP contribution in [0, 0.1) is 0 Å². The third-order valence-electron chi connectivity index (χ3n) is 12.1. The van der Waals surface area contributed by atoms with E-state index in [-0.39, 0.29) is 0 Å². The zero-order valence-electron chi connectivity index (χ0n) is 31.5. The summed E-state index contributed by atoms with van der Waals surface area (Å²) in [7, 11) is 0. The largest absolute Gasteiger partial charge is 0.456 e. The maximum absolute atomic E-state index is 7.06. The maximum Gasteiger partial charge on any atom is 0.159 e. The van der Waals surface area contributed by atoms with Crippen molar-refractivity contribution in [2.75, 3.05) is 4.90 Å². The van der Waals surface area contributed by atoms with E-state index in [0.717, 1.165) is 72.1 Å². The Balaban J connectivity index is 1.19. The number of anilines is 3. The smallest absolute Gasteiger partial charge is 0.159 e. The minimum absolute atomic E-state index is 0.540. The van der Waals surface area contributed by atoms with Crippen LogP contribution in [0.25, 0.3) is 66.1 Å². The topological polar surface area (TPSA) is 29.5 Å². The summed E-state index contributed by atoms with van der Waals surface area (Å²) < 4.78 is 13.5. The van der Waals surface area contributed by atoms with Gasteiger partial charge in [0, 0.05) is 32.9 Å². The first-order valence-corrected chi connectivity index (χ1v) is 19.8. The molecule has 272 valence electrons. The van der Waals surface area contributed by atoms with Crippen molar-refractivity contribution in [3.05, 3.63) is 235 Å². The van der Waals surface area contributed by atoms with Crippen LogP contribution in [-0.2, 0) is 5.41 Å². The molecule has 3 nitrogen and oxygen atoms in total. The lowest BCUT2D eigenvalue weighted by Crippen LogP contribution is -2.28. The van der Waals surface area contributed by atoms with E-state index in [9.17, 15) is 0 Å². The molecule has 0 saturated carbocycles. The van der Waals surface area contributed by atoms with Gasteiger partial charge < -0.3 is 13.7 Å². The average Bonchev–Trinajstić information content (AvgIpc) is 3.96. The number of benzene rings is 9. The molecule has 58 heavy (non-hydrogen) atoms. The minimum atomic E-state index is -0.540. The van der Waals surface area contributed by atoms with E-state index in [0.29, 0.717) is 0 Å². The molecular weight excluding hydrogens is 707 g/mol. The molecule has 1 aliphatic carbocycles. The summed E-state index contributed by atoms with van der Waals surface area (Å²) in [6, 6.07) is 76.2. The van der Waals surface area contributed by atoms with Gasteiger partial charge in [0.25, 0.3) is 0 Å². The Morgan fingerprint density at radius 2 is 0.948 bits per heavy atom. The fourth-order valence-electron chi connectivity index (χ4n) is 9.71. The van der Waals surface area contributed by atoms with Gasteiger partial charge in [-0.3, -0.25) is 0 Å². The van der Waals surface area contributed by atoms with E-state index in [1.807, 2.05) is 18.2 Å². The second-order valence-electron chi connectivity index (χ2n) is 15.2. The van der Waals surface area contributed by atoms with Gasteiger partial charge in [-0.05, 0) is 99.1 Å². The average molecular weight is 742 g/mol. The third kappa shape index (κ3) is 4.68. The van der Waals surface area contributed by atoms with Crippen LogP contribution >= 0.6 is 0 Å². The van der Waals surface area contributed by atoms with E-state index in [1.165, 1.54) is 33.4 Å². The number of nitrogens with zero attached hydrogens (tertiary/aromatic N) is 1. The lowest BCUT2D eigenvalue weighted by molar-refractivity contribution is 0.663. The van der Waals surface area contributed by atoms with E-state index in [2.05, 4.69) is 199 Å².